The molecular weight excluding hydrogens is 292 g/mol. The predicted octanol–water partition coefficient (Wildman–Crippen LogP) is 3.51. The maximum Gasteiger partial charge on any atom is 0.238 e. The highest BCUT2D eigenvalue weighted by Gasteiger charge is 2.09. The monoisotopic (exact) mass is 312 g/mol. The Morgan fingerprint density at radius 3 is 2.22 bits per heavy atom. The minimum Gasteiger partial charge on any atom is -0.325 e. The van der Waals surface area contributed by atoms with Crippen LogP contribution in [-0.2, 0) is 4.79 Å². The van der Waals surface area contributed by atoms with E-state index in [1.165, 1.54) is 0 Å². The molecule has 0 saturated heterocycles. The Labute approximate surface area is 118 Å². The van der Waals surface area contributed by atoms with Gasteiger partial charge in [0.2, 0.25) is 5.91 Å². The standard InChI is InChI=1S/C14H21BrN2O/c1-3-9-17(10-4-2)11-14(18)16-13-7-5-12(15)6-8-13/h5-8H,3-4,9-11H2,1-2H3,(H,16,18). The van der Waals surface area contributed by atoms with Gasteiger partial charge in [-0.05, 0) is 50.2 Å². The first-order chi connectivity index (χ1) is 8.65. The third-order valence-corrected chi connectivity index (χ3v) is 3.10. The van der Waals surface area contributed by atoms with Crippen LogP contribution in [0.4, 0.5) is 5.69 Å². The van der Waals surface area contributed by atoms with Gasteiger partial charge in [0.25, 0.3) is 0 Å². The summed E-state index contributed by atoms with van der Waals surface area (Å²) in [6.07, 6.45) is 2.15. The van der Waals surface area contributed by atoms with E-state index in [2.05, 4.69) is 40.0 Å². The molecule has 1 amide bonds. The van der Waals surface area contributed by atoms with Gasteiger partial charge in [0, 0.05) is 10.2 Å². The molecule has 1 aromatic carbocycles. The fourth-order valence-corrected chi connectivity index (χ4v) is 2.10. The van der Waals surface area contributed by atoms with Crippen molar-refractivity contribution >= 4 is 27.5 Å². The quantitative estimate of drug-likeness (QED) is 0.835. The van der Waals surface area contributed by atoms with Crippen LogP contribution in [-0.4, -0.2) is 30.4 Å². The van der Waals surface area contributed by atoms with E-state index in [0.717, 1.165) is 36.1 Å². The summed E-state index contributed by atoms with van der Waals surface area (Å²) in [5.41, 5.74) is 0.844. The van der Waals surface area contributed by atoms with Gasteiger partial charge in [0.05, 0.1) is 6.54 Å². The van der Waals surface area contributed by atoms with Gasteiger partial charge < -0.3 is 5.32 Å². The summed E-state index contributed by atoms with van der Waals surface area (Å²) < 4.78 is 1.01. The summed E-state index contributed by atoms with van der Waals surface area (Å²) in [6.45, 7) is 6.69. The summed E-state index contributed by atoms with van der Waals surface area (Å²) in [4.78, 5) is 14.1. The van der Waals surface area contributed by atoms with Crippen molar-refractivity contribution in [3.8, 4) is 0 Å². The zero-order chi connectivity index (χ0) is 13.4. The van der Waals surface area contributed by atoms with Crippen molar-refractivity contribution in [1.29, 1.82) is 0 Å². The molecule has 0 spiro atoms. The molecule has 0 radical (unpaired) electrons. The van der Waals surface area contributed by atoms with Gasteiger partial charge in [0.1, 0.15) is 0 Å². The van der Waals surface area contributed by atoms with Crippen LogP contribution in [0.2, 0.25) is 0 Å². The van der Waals surface area contributed by atoms with Crippen LogP contribution in [0.1, 0.15) is 26.7 Å². The molecule has 0 bridgehead atoms. The smallest absolute Gasteiger partial charge is 0.238 e. The lowest BCUT2D eigenvalue weighted by Gasteiger charge is -2.20. The fourth-order valence-electron chi connectivity index (χ4n) is 1.84. The van der Waals surface area contributed by atoms with E-state index < -0.39 is 0 Å². The molecule has 0 aliphatic rings. The Kier molecular flexibility index (Phi) is 6.98. The molecule has 0 aliphatic heterocycles. The average molecular weight is 313 g/mol. The van der Waals surface area contributed by atoms with Gasteiger partial charge in [-0.1, -0.05) is 29.8 Å². The van der Waals surface area contributed by atoms with Crippen LogP contribution in [0.5, 0.6) is 0 Å². The molecule has 1 rings (SSSR count). The van der Waals surface area contributed by atoms with Crippen LogP contribution >= 0.6 is 15.9 Å². The minimum atomic E-state index is 0.0548. The van der Waals surface area contributed by atoms with Crippen molar-refractivity contribution < 1.29 is 4.79 Å². The number of rotatable bonds is 7. The van der Waals surface area contributed by atoms with Crippen LogP contribution in [0.25, 0.3) is 0 Å². The van der Waals surface area contributed by atoms with Crippen LogP contribution < -0.4 is 5.32 Å². The maximum absolute atomic E-state index is 11.9. The summed E-state index contributed by atoms with van der Waals surface area (Å²) in [5.74, 6) is 0.0548. The number of carbonyl (C=O) groups is 1. The Morgan fingerprint density at radius 2 is 1.72 bits per heavy atom. The van der Waals surface area contributed by atoms with E-state index in [4.69, 9.17) is 0 Å². The number of benzene rings is 1. The number of hydrogen-bond donors (Lipinski definition) is 1. The van der Waals surface area contributed by atoms with Gasteiger partial charge in [-0.2, -0.15) is 0 Å². The largest absolute Gasteiger partial charge is 0.325 e. The van der Waals surface area contributed by atoms with E-state index >= 15 is 0 Å². The van der Waals surface area contributed by atoms with E-state index in [1.54, 1.807) is 0 Å². The fraction of sp³-hybridized carbons (Fsp3) is 0.500. The van der Waals surface area contributed by atoms with Crippen LogP contribution in [0, 0.1) is 0 Å². The van der Waals surface area contributed by atoms with Crippen molar-refractivity contribution in [3.63, 3.8) is 0 Å². The van der Waals surface area contributed by atoms with Crippen LogP contribution in [0.3, 0.4) is 0 Å². The molecule has 0 aromatic heterocycles. The Morgan fingerprint density at radius 1 is 1.17 bits per heavy atom. The van der Waals surface area contributed by atoms with E-state index in [9.17, 15) is 4.79 Å². The predicted molar refractivity (Wildman–Crippen MR) is 79.8 cm³/mol. The molecule has 1 N–H and O–H groups in total. The molecular formula is C14H21BrN2O. The zero-order valence-corrected chi connectivity index (χ0v) is 12.7. The SMILES string of the molecule is CCCN(CCC)CC(=O)Nc1ccc(Br)cc1. The van der Waals surface area contributed by atoms with Crippen molar-refractivity contribution in [1.82, 2.24) is 4.90 Å². The van der Waals surface area contributed by atoms with Crippen molar-refractivity contribution in [2.45, 2.75) is 26.7 Å². The minimum absolute atomic E-state index is 0.0548. The lowest BCUT2D eigenvalue weighted by atomic mass is 10.3. The third kappa shape index (κ3) is 5.65. The van der Waals surface area contributed by atoms with Crippen molar-refractivity contribution in [3.05, 3.63) is 28.7 Å². The number of amides is 1. The summed E-state index contributed by atoms with van der Waals surface area (Å²) in [5, 5.41) is 2.91. The molecule has 0 unspecified atom stereocenters. The molecule has 0 atom stereocenters. The Bertz CT molecular complexity index is 359. The number of halogens is 1. The molecule has 100 valence electrons. The molecule has 1 aromatic rings. The number of nitrogens with one attached hydrogen (secondary N) is 1. The summed E-state index contributed by atoms with van der Waals surface area (Å²) in [6, 6.07) is 7.63. The second kappa shape index (κ2) is 8.27. The number of hydrogen-bond acceptors (Lipinski definition) is 2. The normalized spacial score (nSPS) is 10.7. The highest BCUT2D eigenvalue weighted by Crippen LogP contribution is 2.14. The Hall–Kier alpha value is -0.870. The van der Waals surface area contributed by atoms with Gasteiger partial charge in [-0.25, -0.2) is 0 Å². The zero-order valence-electron chi connectivity index (χ0n) is 11.1. The first-order valence-electron chi connectivity index (χ1n) is 6.43. The van der Waals surface area contributed by atoms with Gasteiger partial charge >= 0.3 is 0 Å². The molecule has 3 nitrogen and oxygen atoms in total. The molecule has 18 heavy (non-hydrogen) atoms. The Balaban J connectivity index is 2.46. The number of carbonyl (C=O) groups excluding carboxylic acids is 1. The molecule has 0 fully saturated rings. The summed E-state index contributed by atoms with van der Waals surface area (Å²) in [7, 11) is 0. The van der Waals surface area contributed by atoms with Gasteiger partial charge in [-0.3, -0.25) is 9.69 Å². The molecule has 4 heteroatoms. The molecule has 0 aliphatic carbocycles. The highest BCUT2D eigenvalue weighted by molar-refractivity contribution is 9.10. The lowest BCUT2D eigenvalue weighted by molar-refractivity contribution is -0.117. The van der Waals surface area contributed by atoms with E-state index in [1.807, 2.05) is 24.3 Å². The second-order valence-electron chi connectivity index (χ2n) is 4.33. The first-order valence-corrected chi connectivity index (χ1v) is 7.22. The van der Waals surface area contributed by atoms with Gasteiger partial charge in [0.15, 0.2) is 0 Å². The number of anilines is 1. The second-order valence-corrected chi connectivity index (χ2v) is 5.25. The van der Waals surface area contributed by atoms with Crippen molar-refractivity contribution in [2.24, 2.45) is 0 Å². The number of nitrogens with zero attached hydrogens (tertiary/aromatic N) is 1. The van der Waals surface area contributed by atoms with Crippen molar-refractivity contribution in [2.75, 3.05) is 25.0 Å². The topological polar surface area (TPSA) is 32.3 Å². The molecule has 0 saturated carbocycles. The maximum atomic E-state index is 11.9. The summed E-state index contributed by atoms with van der Waals surface area (Å²) >= 11 is 3.37. The highest BCUT2D eigenvalue weighted by atomic mass is 79.9. The van der Waals surface area contributed by atoms with Gasteiger partial charge in [-0.15, -0.1) is 0 Å². The lowest BCUT2D eigenvalue weighted by Crippen LogP contribution is -2.34. The third-order valence-electron chi connectivity index (χ3n) is 2.57. The first kappa shape index (κ1) is 15.2. The van der Waals surface area contributed by atoms with E-state index in [-0.39, 0.29) is 5.91 Å². The van der Waals surface area contributed by atoms with E-state index in [0.29, 0.717) is 6.54 Å². The van der Waals surface area contributed by atoms with Crippen LogP contribution in [0.15, 0.2) is 28.7 Å². The molecule has 0 heterocycles. The average Bonchev–Trinajstić information content (AvgIpc) is 2.33.